The van der Waals surface area contributed by atoms with E-state index in [1.807, 2.05) is 30.8 Å². The Morgan fingerprint density at radius 3 is 2.90 bits per heavy atom. The number of nitrogens with zero attached hydrogens (tertiary/aromatic N) is 5. The van der Waals surface area contributed by atoms with Crippen LogP contribution in [0.3, 0.4) is 0 Å². The number of amides is 1. The Kier molecular flexibility index (Phi) is 4.01. The second-order valence-corrected chi connectivity index (χ2v) is 7.63. The molecule has 8 heteroatoms. The van der Waals surface area contributed by atoms with E-state index >= 15 is 0 Å². The molecule has 1 unspecified atom stereocenters. The van der Waals surface area contributed by atoms with Gasteiger partial charge >= 0.3 is 0 Å². The van der Waals surface area contributed by atoms with Gasteiger partial charge in [-0.25, -0.2) is 9.67 Å². The number of hydrogen-bond acceptors (Lipinski definition) is 5. The van der Waals surface area contributed by atoms with Gasteiger partial charge in [0.1, 0.15) is 11.5 Å². The highest BCUT2D eigenvalue weighted by Crippen LogP contribution is 2.40. The van der Waals surface area contributed by atoms with Gasteiger partial charge in [-0.15, -0.1) is 0 Å². The van der Waals surface area contributed by atoms with Crippen LogP contribution in [-0.2, 0) is 7.05 Å². The van der Waals surface area contributed by atoms with E-state index in [0.29, 0.717) is 34.4 Å². The van der Waals surface area contributed by atoms with Gasteiger partial charge in [0.15, 0.2) is 11.4 Å². The summed E-state index contributed by atoms with van der Waals surface area (Å²) < 4.78 is 9.09. The molecule has 0 aliphatic heterocycles. The summed E-state index contributed by atoms with van der Waals surface area (Å²) in [5, 5.41) is 12.7. The minimum Gasteiger partial charge on any atom is -0.463 e. The van der Waals surface area contributed by atoms with Crippen molar-refractivity contribution >= 4 is 22.8 Å². The molecule has 4 aromatic rings. The zero-order valence-electron chi connectivity index (χ0n) is 16.6. The number of rotatable bonds is 5. The molecule has 1 aliphatic carbocycles. The van der Waals surface area contributed by atoms with Gasteiger partial charge in [-0.1, -0.05) is 0 Å². The molecule has 1 amide bonds. The summed E-state index contributed by atoms with van der Waals surface area (Å²) in [6.07, 6.45) is 5.73. The third-order valence-corrected chi connectivity index (χ3v) is 5.59. The first-order chi connectivity index (χ1) is 14.0. The summed E-state index contributed by atoms with van der Waals surface area (Å²) >= 11 is 0. The molecule has 1 aliphatic rings. The maximum Gasteiger partial charge on any atom is 0.257 e. The lowest BCUT2D eigenvalue weighted by molar-refractivity contribution is 0.102. The van der Waals surface area contributed by atoms with Crippen molar-refractivity contribution in [3.63, 3.8) is 0 Å². The number of carbonyl (C=O) groups excluding carboxylic acids is 1. The molecule has 1 fully saturated rings. The molecule has 0 radical (unpaired) electrons. The molecular weight excluding hydrogens is 368 g/mol. The van der Waals surface area contributed by atoms with Crippen LogP contribution in [0.2, 0.25) is 0 Å². The number of pyridine rings is 1. The van der Waals surface area contributed by atoms with Crippen molar-refractivity contribution < 1.29 is 9.21 Å². The lowest BCUT2D eigenvalue weighted by atomic mass is 10.1. The fourth-order valence-electron chi connectivity index (χ4n) is 3.87. The Bertz CT molecular complexity index is 1200. The van der Waals surface area contributed by atoms with Gasteiger partial charge < -0.3 is 9.73 Å². The van der Waals surface area contributed by atoms with E-state index in [-0.39, 0.29) is 11.9 Å². The molecule has 8 nitrogen and oxygen atoms in total. The number of fused-ring (bicyclic) bond motifs is 1. The van der Waals surface area contributed by atoms with Gasteiger partial charge in [-0.05, 0) is 50.8 Å². The molecule has 1 atom stereocenters. The Labute approximate surface area is 167 Å². The quantitative estimate of drug-likeness (QED) is 0.557. The number of aromatic nitrogens is 5. The number of nitrogens with one attached hydrogen (secondary N) is 1. The summed E-state index contributed by atoms with van der Waals surface area (Å²) in [4.78, 5) is 18.0. The standard InChI is InChI=1S/C21H22N6O2/c1-12-19-15(11-16(17-5-4-10-29-17)23-20(19)26(3)25-12)21(28)24-18-8-9-22-27(18)13(2)14-6-7-14/h4-5,8-11,13-14H,6-7H2,1-3H3,(H,24,28). The first-order valence-electron chi connectivity index (χ1n) is 9.76. The third-order valence-electron chi connectivity index (χ3n) is 5.59. The fraction of sp³-hybridized carbons (Fsp3) is 0.333. The van der Waals surface area contributed by atoms with Gasteiger partial charge in [-0.2, -0.15) is 10.2 Å². The van der Waals surface area contributed by atoms with Gasteiger partial charge in [0, 0.05) is 13.1 Å². The van der Waals surface area contributed by atoms with Gasteiger partial charge in [-0.3, -0.25) is 9.48 Å². The molecule has 148 valence electrons. The summed E-state index contributed by atoms with van der Waals surface area (Å²) in [6, 6.07) is 7.48. The van der Waals surface area contributed by atoms with E-state index in [4.69, 9.17) is 4.42 Å². The average molecular weight is 390 g/mol. The van der Waals surface area contributed by atoms with Crippen LogP contribution in [0.25, 0.3) is 22.5 Å². The molecule has 1 saturated carbocycles. The van der Waals surface area contributed by atoms with E-state index < -0.39 is 0 Å². The first kappa shape index (κ1) is 17.7. The molecule has 0 spiro atoms. The molecule has 5 rings (SSSR count). The summed E-state index contributed by atoms with van der Waals surface area (Å²) in [6.45, 7) is 4.03. The second-order valence-electron chi connectivity index (χ2n) is 7.63. The second kappa shape index (κ2) is 6.58. The highest BCUT2D eigenvalue weighted by atomic mass is 16.3. The molecule has 1 N–H and O–H groups in total. The molecule has 4 aromatic heterocycles. The topological polar surface area (TPSA) is 90.8 Å². The van der Waals surface area contributed by atoms with Crippen LogP contribution in [-0.4, -0.2) is 30.5 Å². The number of aryl methyl sites for hydroxylation is 2. The SMILES string of the molecule is Cc1nn(C)c2nc(-c3ccco3)cc(C(=O)Nc3ccnn3C(C)C3CC3)c12. The van der Waals surface area contributed by atoms with Crippen LogP contribution in [0.15, 0.2) is 41.1 Å². The minimum atomic E-state index is -0.217. The number of furan rings is 1. The molecular formula is C21H22N6O2. The summed E-state index contributed by atoms with van der Waals surface area (Å²) in [7, 11) is 1.82. The Balaban J connectivity index is 1.57. The summed E-state index contributed by atoms with van der Waals surface area (Å²) in [5.41, 5.74) is 2.50. The minimum absolute atomic E-state index is 0.217. The lowest BCUT2D eigenvalue weighted by Crippen LogP contribution is -2.19. The van der Waals surface area contributed by atoms with Crippen molar-refractivity contribution in [2.75, 3.05) is 5.32 Å². The number of hydrogen-bond donors (Lipinski definition) is 1. The molecule has 4 heterocycles. The van der Waals surface area contributed by atoms with Crippen LogP contribution in [0, 0.1) is 12.8 Å². The largest absolute Gasteiger partial charge is 0.463 e. The fourth-order valence-corrected chi connectivity index (χ4v) is 3.87. The van der Waals surface area contributed by atoms with Gasteiger partial charge in [0.2, 0.25) is 0 Å². The molecule has 0 aromatic carbocycles. The van der Waals surface area contributed by atoms with Crippen molar-refractivity contribution in [2.24, 2.45) is 13.0 Å². The highest BCUT2D eigenvalue weighted by molar-refractivity contribution is 6.13. The van der Waals surface area contributed by atoms with Crippen molar-refractivity contribution in [3.05, 3.63) is 48.0 Å². The van der Waals surface area contributed by atoms with Crippen LogP contribution < -0.4 is 5.32 Å². The monoisotopic (exact) mass is 390 g/mol. The third kappa shape index (κ3) is 3.00. The number of carbonyl (C=O) groups is 1. The zero-order valence-corrected chi connectivity index (χ0v) is 16.6. The molecule has 29 heavy (non-hydrogen) atoms. The van der Waals surface area contributed by atoms with Crippen LogP contribution >= 0.6 is 0 Å². The maximum absolute atomic E-state index is 13.3. The average Bonchev–Trinajstić information content (AvgIpc) is 3.10. The van der Waals surface area contributed by atoms with Gasteiger partial charge in [0.25, 0.3) is 5.91 Å². The van der Waals surface area contributed by atoms with Crippen molar-refractivity contribution in [3.8, 4) is 11.5 Å². The van der Waals surface area contributed by atoms with Crippen LogP contribution in [0.4, 0.5) is 5.82 Å². The predicted octanol–water partition coefficient (Wildman–Crippen LogP) is 3.96. The van der Waals surface area contributed by atoms with Crippen LogP contribution in [0.1, 0.15) is 41.9 Å². The summed E-state index contributed by atoms with van der Waals surface area (Å²) in [5.74, 6) is 1.71. The Hall–Kier alpha value is -3.42. The molecule has 0 saturated heterocycles. The van der Waals surface area contributed by atoms with E-state index in [2.05, 4.69) is 27.4 Å². The zero-order chi connectivity index (χ0) is 20.1. The van der Waals surface area contributed by atoms with Crippen molar-refractivity contribution in [1.29, 1.82) is 0 Å². The Morgan fingerprint density at radius 1 is 1.34 bits per heavy atom. The van der Waals surface area contributed by atoms with E-state index in [1.54, 1.807) is 29.3 Å². The normalized spacial score (nSPS) is 15.0. The Morgan fingerprint density at radius 2 is 2.17 bits per heavy atom. The van der Waals surface area contributed by atoms with Crippen molar-refractivity contribution in [2.45, 2.75) is 32.7 Å². The smallest absolute Gasteiger partial charge is 0.257 e. The van der Waals surface area contributed by atoms with E-state index in [0.717, 1.165) is 11.1 Å². The molecule has 0 bridgehead atoms. The number of anilines is 1. The van der Waals surface area contributed by atoms with Gasteiger partial charge in [0.05, 0.1) is 35.1 Å². The first-order valence-corrected chi connectivity index (χ1v) is 9.76. The van der Waals surface area contributed by atoms with E-state index in [9.17, 15) is 4.79 Å². The lowest BCUT2D eigenvalue weighted by Gasteiger charge is -2.15. The van der Waals surface area contributed by atoms with Crippen LogP contribution in [0.5, 0.6) is 0 Å². The highest BCUT2D eigenvalue weighted by Gasteiger charge is 2.31. The predicted molar refractivity (Wildman–Crippen MR) is 109 cm³/mol. The maximum atomic E-state index is 13.3. The van der Waals surface area contributed by atoms with Crippen molar-refractivity contribution in [1.82, 2.24) is 24.5 Å². The van der Waals surface area contributed by atoms with E-state index in [1.165, 1.54) is 12.8 Å².